The Morgan fingerprint density at radius 3 is 2.69 bits per heavy atom. The summed E-state index contributed by atoms with van der Waals surface area (Å²) in [5.41, 5.74) is 9.65. The summed E-state index contributed by atoms with van der Waals surface area (Å²) in [7, 11) is 0. The monoisotopic (exact) mass is 215 g/mol. The molecule has 0 bridgehead atoms. The van der Waals surface area contributed by atoms with Crippen LogP contribution >= 0.6 is 0 Å². The molecule has 2 N–H and O–H groups in total. The van der Waals surface area contributed by atoms with Crippen LogP contribution in [0.3, 0.4) is 0 Å². The molecule has 2 aromatic carbocycles. The summed E-state index contributed by atoms with van der Waals surface area (Å²) >= 11 is 0. The Labute approximate surface area is 94.7 Å². The third-order valence-electron chi connectivity index (χ3n) is 2.67. The van der Waals surface area contributed by atoms with E-state index in [-0.39, 0.29) is 5.82 Å². The van der Waals surface area contributed by atoms with Gasteiger partial charge in [0.05, 0.1) is 0 Å². The minimum absolute atomic E-state index is 0.209. The molecule has 1 nitrogen and oxygen atoms in total. The van der Waals surface area contributed by atoms with Gasteiger partial charge in [-0.3, -0.25) is 0 Å². The summed E-state index contributed by atoms with van der Waals surface area (Å²) in [6.07, 6.45) is 0. The molecule has 82 valence electrons. The number of rotatable bonds is 2. The lowest BCUT2D eigenvalue weighted by molar-refractivity contribution is 0.628. The largest absolute Gasteiger partial charge is 0.326 e. The molecule has 0 spiro atoms. The maximum Gasteiger partial charge on any atom is 0.123 e. The summed E-state index contributed by atoms with van der Waals surface area (Å²) in [5, 5.41) is 0. The molecule has 0 fully saturated rings. The Bertz CT molecular complexity index is 506. The summed E-state index contributed by atoms with van der Waals surface area (Å²) < 4.78 is 13.2. The molecule has 0 amide bonds. The van der Waals surface area contributed by atoms with Gasteiger partial charge in [0.1, 0.15) is 5.82 Å². The molecule has 0 saturated carbocycles. The van der Waals surface area contributed by atoms with Gasteiger partial charge in [-0.1, -0.05) is 24.3 Å². The standard InChI is InChI=1S/C14H14FN/c1-10-5-6-13(15)8-14(10)12-4-2-3-11(7-12)9-16/h2-8H,9,16H2,1H3. The Morgan fingerprint density at radius 2 is 1.94 bits per heavy atom. The van der Waals surface area contributed by atoms with Gasteiger partial charge >= 0.3 is 0 Å². The highest BCUT2D eigenvalue weighted by Gasteiger charge is 2.03. The van der Waals surface area contributed by atoms with Crippen LogP contribution in [-0.4, -0.2) is 0 Å². The topological polar surface area (TPSA) is 26.0 Å². The van der Waals surface area contributed by atoms with E-state index in [1.54, 1.807) is 12.1 Å². The van der Waals surface area contributed by atoms with Gasteiger partial charge in [0.2, 0.25) is 0 Å². The molecule has 16 heavy (non-hydrogen) atoms. The molecular formula is C14H14FN. The lowest BCUT2D eigenvalue weighted by atomic mass is 9.99. The van der Waals surface area contributed by atoms with Crippen molar-refractivity contribution in [2.75, 3.05) is 0 Å². The van der Waals surface area contributed by atoms with E-state index < -0.39 is 0 Å². The summed E-state index contributed by atoms with van der Waals surface area (Å²) in [6.45, 7) is 2.48. The van der Waals surface area contributed by atoms with Gasteiger partial charge in [0.25, 0.3) is 0 Å². The minimum atomic E-state index is -0.209. The van der Waals surface area contributed by atoms with Gasteiger partial charge in [-0.2, -0.15) is 0 Å². The smallest absolute Gasteiger partial charge is 0.123 e. The normalized spacial score (nSPS) is 10.4. The lowest BCUT2D eigenvalue weighted by Crippen LogP contribution is -1.96. The predicted molar refractivity (Wildman–Crippen MR) is 64.5 cm³/mol. The molecule has 0 aromatic heterocycles. The van der Waals surface area contributed by atoms with Crippen LogP contribution < -0.4 is 5.73 Å². The zero-order chi connectivity index (χ0) is 11.5. The molecule has 0 radical (unpaired) electrons. The van der Waals surface area contributed by atoms with Crippen LogP contribution in [0.5, 0.6) is 0 Å². The van der Waals surface area contributed by atoms with E-state index in [1.807, 2.05) is 31.2 Å². The maximum atomic E-state index is 13.2. The summed E-state index contributed by atoms with van der Waals surface area (Å²) in [4.78, 5) is 0. The van der Waals surface area contributed by atoms with E-state index >= 15 is 0 Å². The van der Waals surface area contributed by atoms with Crippen LogP contribution in [0.15, 0.2) is 42.5 Å². The van der Waals surface area contributed by atoms with E-state index in [0.29, 0.717) is 6.54 Å². The Kier molecular flexibility index (Phi) is 3.02. The molecule has 0 heterocycles. The quantitative estimate of drug-likeness (QED) is 0.817. The number of hydrogen-bond donors (Lipinski definition) is 1. The molecule has 2 rings (SSSR count). The third kappa shape index (κ3) is 2.12. The van der Waals surface area contributed by atoms with Gasteiger partial charge in [-0.25, -0.2) is 4.39 Å². The van der Waals surface area contributed by atoms with Crippen molar-refractivity contribution in [2.24, 2.45) is 5.73 Å². The molecule has 2 aromatic rings. The molecule has 0 aliphatic heterocycles. The first kappa shape index (κ1) is 10.8. The number of halogens is 1. The van der Waals surface area contributed by atoms with Crippen molar-refractivity contribution in [3.8, 4) is 11.1 Å². The first-order chi connectivity index (χ1) is 7.70. The van der Waals surface area contributed by atoms with Crippen molar-refractivity contribution in [3.63, 3.8) is 0 Å². The van der Waals surface area contributed by atoms with Crippen LogP contribution in [0.25, 0.3) is 11.1 Å². The van der Waals surface area contributed by atoms with Gasteiger partial charge in [-0.05, 0) is 47.4 Å². The highest BCUT2D eigenvalue weighted by Crippen LogP contribution is 2.24. The molecule has 2 heteroatoms. The molecule has 0 aliphatic rings. The molecule has 0 unspecified atom stereocenters. The zero-order valence-corrected chi connectivity index (χ0v) is 9.20. The number of hydrogen-bond acceptors (Lipinski definition) is 1. The van der Waals surface area contributed by atoms with E-state index in [1.165, 1.54) is 6.07 Å². The van der Waals surface area contributed by atoms with Gasteiger partial charge in [0, 0.05) is 6.54 Å². The average molecular weight is 215 g/mol. The average Bonchev–Trinajstić information content (AvgIpc) is 2.32. The molecule has 0 atom stereocenters. The Morgan fingerprint density at radius 1 is 1.12 bits per heavy atom. The fourth-order valence-electron chi connectivity index (χ4n) is 1.77. The van der Waals surface area contributed by atoms with E-state index in [4.69, 9.17) is 5.73 Å². The SMILES string of the molecule is Cc1ccc(F)cc1-c1cccc(CN)c1. The van der Waals surface area contributed by atoms with Crippen molar-refractivity contribution in [3.05, 3.63) is 59.4 Å². The first-order valence-electron chi connectivity index (χ1n) is 5.26. The lowest BCUT2D eigenvalue weighted by Gasteiger charge is -2.07. The molecule has 0 aliphatic carbocycles. The van der Waals surface area contributed by atoms with Crippen molar-refractivity contribution < 1.29 is 4.39 Å². The minimum Gasteiger partial charge on any atom is -0.326 e. The zero-order valence-electron chi connectivity index (χ0n) is 9.20. The Hall–Kier alpha value is -1.67. The van der Waals surface area contributed by atoms with Crippen LogP contribution in [0.2, 0.25) is 0 Å². The maximum absolute atomic E-state index is 13.2. The third-order valence-corrected chi connectivity index (χ3v) is 2.67. The summed E-state index contributed by atoms with van der Waals surface area (Å²) in [6, 6.07) is 12.7. The van der Waals surface area contributed by atoms with Gasteiger partial charge in [0.15, 0.2) is 0 Å². The Balaban J connectivity index is 2.53. The first-order valence-corrected chi connectivity index (χ1v) is 5.26. The highest BCUT2D eigenvalue weighted by atomic mass is 19.1. The number of nitrogens with two attached hydrogens (primary N) is 1. The second kappa shape index (κ2) is 4.45. The van der Waals surface area contributed by atoms with Crippen molar-refractivity contribution in [2.45, 2.75) is 13.5 Å². The number of aryl methyl sites for hydroxylation is 1. The molecule has 0 saturated heterocycles. The van der Waals surface area contributed by atoms with Crippen molar-refractivity contribution in [1.29, 1.82) is 0 Å². The summed E-state index contributed by atoms with van der Waals surface area (Å²) in [5.74, 6) is -0.209. The fourth-order valence-corrected chi connectivity index (χ4v) is 1.77. The fraction of sp³-hybridized carbons (Fsp3) is 0.143. The van der Waals surface area contributed by atoms with Crippen molar-refractivity contribution in [1.82, 2.24) is 0 Å². The van der Waals surface area contributed by atoms with Gasteiger partial charge < -0.3 is 5.73 Å². The van der Waals surface area contributed by atoms with E-state index in [2.05, 4.69) is 0 Å². The highest BCUT2D eigenvalue weighted by molar-refractivity contribution is 5.67. The molecular weight excluding hydrogens is 201 g/mol. The van der Waals surface area contributed by atoms with Gasteiger partial charge in [-0.15, -0.1) is 0 Å². The predicted octanol–water partition coefficient (Wildman–Crippen LogP) is 3.26. The van der Waals surface area contributed by atoms with Crippen molar-refractivity contribution >= 4 is 0 Å². The van der Waals surface area contributed by atoms with E-state index in [0.717, 1.165) is 22.3 Å². The second-order valence-corrected chi connectivity index (χ2v) is 3.86. The van der Waals surface area contributed by atoms with E-state index in [9.17, 15) is 4.39 Å². The van der Waals surface area contributed by atoms with Crippen LogP contribution in [0, 0.1) is 12.7 Å². The number of benzene rings is 2. The van der Waals surface area contributed by atoms with Crippen LogP contribution in [0.4, 0.5) is 4.39 Å². The van der Waals surface area contributed by atoms with Crippen LogP contribution in [0.1, 0.15) is 11.1 Å². The second-order valence-electron chi connectivity index (χ2n) is 3.86. The van der Waals surface area contributed by atoms with Crippen LogP contribution in [-0.2, 0) is 6.54 Å².